The SMILES string of the molecule is COC(=O)Cc1c(N)[nH]cc(C(F)F)c1=O. The number of aromatic nitrogens is 1. The molecule has 1 aromatic rings. The molecule has 3 N–H and O–H groups in total. The zero-order valence-corrected chi connectivity index (χ0v) is 8.42. The quantitative estimate of drug-likeness (QED) is 0.747. The number of halogens is 2. The van der Waals surface area contributed by atoms with Gasteiger partial charge in [-0.2, -0.15) is 0 Å². The number of methoxy groups -OCH3 is 1. The first-order chi connectivity index (χ1) is 7.47. The van der Waals surface area contributed by atoms with Crippen LogP contribution in [-0.4, -0.2) is 18.1 Å². The lowest BCUT2D eigenvalue weighted by Gasteiger charge is -2.06. The summed E-state index contributed by atoms with van der Waals surface area (Å²) in [5.41, 5.74) is 3.53. The molecule has 0 atom stereocenters. The van der Waals surface area contributed by atoms with Crippen LogP contribution in [0.3, 0.4) is 0 Å². The summed E-state index contributed by atoms with van der Waals surface area (Å²) in [6.45, 7) is 0. The number of esters is 1. The number of aromatic amines is 1. The number of anilines is 1. The van der Waals surface area contributed by atoms with Crippen molar-refractivity contribution in [3.63, 3.8) is 0 Å². The first-order valence-corrected chi connectivity index (χ1v) is 4.32. The van der Waals surface area contributed by atoms with Crippen molar-refractivity contribution in [1.82, 2.24) is 4.98 Å². The van der Waals surface area contributed by atoms with Gasteiger partial charge in [0.1, 0.15) is 5.82 Å². The summed E-state index contributed by atoms with van der Waals surface area (Å²) in [7, 11) is 1.13. The highest BCUT2D eigenvalue weighted by atomic mass is 19.3. The third kappa shape index (κ3) is 2.36. The number of rotatable bonds is 3. The zero-order valence-electron chi connectivity index (χ0n) is 8.42. The van der Waals surface area contributed by atoms with Crippen LogP contribution in [0.1, 0.15) is 17.6 Å². The minimum Gasteiger partial charge on any atom is -0.469 e. The molecule has 0 bridgehead atoms. The van der Waals surface area contributed by atoms with Crippen molar-refractivity contribution in [2.45, 2.75) is 12.8 Å². The molecule has 0 amide bonds. The van der Waals surface area contributed by atoms with Crippen LogP contribution in [0.15, 0.2) is 11.0 Å². The van der Waals surface area contributed by atoms with Gasteiger partial charge in [-0.3, -0.25) is 9.59 Å². The molecule has 1 rings (SSSR count). The standard InChI is InChI=1S/C9H10F2N2O3/c1-16-6(14)2-4-7(15)5(8(10)11)3-13-9(4)12/h3,8H,2H2,1H3,(H3,12,13,15). The fraction of sp³-hybridized carbons (Fsp3) is 0.333. The van der Waals surface area contributed by atoms with Crippen LogP contribution in [-0.2, 0) is 16.0 Å². The number of hydrogen-bond acceptors (Lipinski definition) is 4. The van der Waals surface area contributed by atoms with Crippen molar-refractivity contribution >= 4 is 11.8 Å². The average molecular weight is 232 g/mol. The summed E-state index contributed by atoms with van der Waals surface area (Å²) >= 11 is 0. The van der Waals surface area contributed by atoms with E-state index in [9.17, 15) is 18.4 Å². The van der Waals surface area contributed by atoms with E-state index in [0.717, 1.165) is 13.3 Å². The second-order valence-electron chi connectivity index (χ2n) is 3.02. The van der Waals surface area contributed by atoms with Crippen LogP contribution in [0.2, 0.25) is 0 Å². The number of carbonyl (C=O) groups excluding carboxylic acids is 1. The Morgan fingerprint density at radius 3 is 2.75 bits per heavy atom. The molecule has 16 heavy (non-hydrogen) atoms. The Kier molecular flexibility index (Phi) is 3.60. The number of hydrogen-bond donors (Lipinski definition) is 2. The largest absolute Gasteiger partial charge is 0.469 e. The molecule has 0 fully saturated rings. The van der Waals surface area contributed by atoms with Crippen molar-refractivity contribution in [2.75, 3.05) is 12.8 Å². The van der Waals surface area contributed by atoms with Gasteiger partial charge in [0.15, 0.2) is 5.43 Å². The molecule has 0 unspecified atom stereocenters. The maximum absolute atomic E-state index is 12.4. The maximum atomic E-state index is 12.4. The number of H-pyrrole nitrogens is 1. The summed E-state index contributed by atoms with van der Waals surface area (Å²) in [5, 5.41) is 0. The normalized spacial score (nSPS) is 10.5. The molecule has 0 saturated heterocycles. The van der Waals surface area contributed by atoms with E-state index >= 15 is 0 Å². The summed E-state index contributed by atoms with van der Waals surface area (Å²) in [6, 6.07) is 0. The molecule has 1 heterocycles. The van der Waals surface area contributed by atoms with Crippen LogP contribution < -0.4 is 11.2 Å². The number of nitrogens with two attached hydrogens (primary N) is 1. The minimum atomic E-state index is -2.92. The first-order valence-electron chi connectivity index (χ1n) is 4.32. The highest BCUT2D eigenvalue weighted by Gasteiger charge is 2.18. The van der Waals surface area contributed by atoms with Crippen molar-refractivity contribution in [3.8, 4) is 0 Å². The number of pyridine rings is 1. The van der Waals surface area contributed by atoms with Gasteiger partial charge in [-0.05, 0) is 0 Å². The monoisotopic (exact) mass is 232 g/mol. The molecule has 88 valence electrons. The van der Waals surface area contributed by atoms with E-state index in [1.807, 2.05) is 0 Å². The fourth-order valence-electron chi connectivity index (χ4n) is 1.16. The van der Waals surface area contributed by atoms with E-state index in [2.05, 4.69) is 9.72 Å². The number of ether oxygens (including phenoxy) is 1. The number of alkyl halides is 2. The predicted molar refractivity (Wildman–Crippen MR) is 52.2 cm³/mol. The number of nitrogen functional groups attached to an aromatic ring is 1. The Bertz CT molecular complexity index is 457. The third-order valence-corrected chi connectivity index (χ3v) is 2.03. The predicted octanol–water partition coefficient (Wildman–Crippen LogP) is 0.610. The molecule has 0 spiro atoms. The van der Waals surface area contributed by atoms with E-state index in [0.29, 0.717) is 0 Å². The van der Waals surface area contributed by atoms with E-state index in [1.54, 1.807) is 0 Å². The molecular weight excluding hydrogens is 222 g/mol. The van der Waals surface area contributed by atoms with Gasteiger partial charge in [0.25, 0.3) is 6.43 Å². The first kappa shape index (κ1) is 12.2. The van der Waals surface area contributed by atoms with E-state index < -0.39 is 29.8 Å². The summed E-state index contributed by atoms with van der Waals surface area (Å²) < 4.78 is 29.1. The maximum Gasteiger partial charge on any atom is 0.310 e. The van der Waals surface area contributed by atoms with Crippen LogP contribution in [0.5, 0.6) is 0 Å². The Balaban J connectivity index is 3.22. The van der Waals surface area contributed by atoms with Crippen molar-refractivity contribution in [1.29, 1.82) is 0 Å². The molecule has 7 heteroatoms. The molecule has 0 aliphatic rings. The van der Waals surface area contributed by atoms with Gasteiger partial charge in [0.2, 0.25) is 0 Å². The number of carbonyl (C=O) groups is 1. The summed E-state index contributed by atoms with van der Waals surface area (Å²) in [4.78, 5) is 24.8. The lowest BCUT2D eigenvalue weighted by Crippen LogP contribution is -2.21. The van der Waals surface area contributed by atoms with Crippen LogP contribution in [0.4, 0.5) is 14.6 Å². The Hall–Kier alpha value is -1.92. The Morgan fingerprint density at radius 2 is 2.25 bits per heavy atom. The second-order valence-corrected chi connectivity index (χ2v) is 3.02. The molecule has 5 nitrogen and oxygen atoms in total. The van der Waals surface area contributed by atoms with Crippen LogP contribution in [0, 0.1) is 0 Å². The molecule has 0 radical (unpaired) electrons. The Labute approximate surface area is 89.2 Å². The van der Waals surface area contributed by atoms with E-state index in [4.69, 9.17) is 5.73 Å². The topological polar surface area (TPSA) is 85.2 Å². The van der Waals surface area contributed by atoms with Crippen LogP contribution in [0.25, 0.3) is 0 Å². The summed E-state index contributed by atoms with van der Waals surface area (Å²) in [5.74, 6) is -0.830. The zero-order chi connectivity index (χ0) is 12.3. The fourth-order valence-corrected chi connectivity index (χ4v) is 1.16. The van der Waals surface area contributed by atoms with Gasteiger partial charge in [-0.1, -0.05) is 0 Å². The smallest absolute Gasteiger partial charge is 0.310 e. The van der Waals surface area contributed by atoms with Gasteiger partial charge in [-0.15, -0.1) is 0 Å². The summed E-state index contributed by atoms with van der Waals surface area (Å²) in [6.07, 6.45) is -2.51. The molecule has 0 saturated carbocycles. The molecule has 0 aliphatic heterocycles. The van der Waals surface area contributed by atoms with Gasteiger partial charge >= 0.3 is 5.97 Å². The highest BCUT2D eigenvalue weighted by Crippen LogP contribution is 2.16. The van der Waals surface area contributed by atoms with Gasteiger partial charge in [0, 0.05) is 6.20 Å². The lowest BCUT2D eigenvalue weighted by atomic mass is 10.1. The van der Waals surface area contributed by atoms with Crippen LogP contribution >= 0.6 is 0 Å². The molecule has 1 aromatic heterocycles. The van der Waals surface area contributed by atoms with Crippen molar-refractivity contribution in [3.05, 3.63) is 27.5 Å². The minimum absolute atomic E-state index is 0.111. The molecule has 0 aromatic carbocycles. The van der Waals surface area contributed by atoms with E-state index in [-0.39, 0.29) is 11.4 Å². The number of nitrogens with one attached hydrogen (secondary N) is 1. The van der Waals surface area contributed by atoms with E-state index in [1.165, 1.54) is 0 Å². The Morgan fingerprint density at radius 1 is 1.62 bits per heavy atom. The second kappa shape index (κ2) is 4.73. The molecular formula is C9H10F2N2O3. The van der Waals surface area contributed by atoms with Gasteiger partial charge < -0.3 is 15.5 Å². The van der Waals surface area contributed by atoms with Crippen molar-refractivity contribution < 1.29 is 18.3 Å². The lowest BCUT2D eigenvalue weighted by molar-refractivity contribution is -0.139. The molecule has 0 aliphatic carbocycles. The van der Waals surface area contributed by atoms with Gasteiger partial charge in [0.05, 0.1) is 24.7 Å². The van der Waals surface area contributed by atoms with Gasteiger partial charge in [-0.25, -0.2) is 8.78 Å². The average Bonchev–Trinajstić information content (AvgIpc) is 2.23. The van der Waals surface area contributed by atoms with Crippen molar-refractivity contribution in [2.24, 2.45) is 0 Å². The third-order valence-electron chi connectivity index (χ3n) is 2.03. The highest BCUT2D eigenvalue weighted by molar-refractivity contribution is 5.74.